The van der Waals surface area contributed by atoms with Crippen LogP contribution >= 0.6 is 46.9 Å². The van der Waals surface area contributed by atoms with Gasteiger partial charge in [0.2, 0.25) is 0 Å². The molecule has 170 valence electrons. The summed E-state index contributed by atoms with van der Waals surface area (Å²) >= 11 is 0. The van der Waals surface area contributed by atoms with Crippen molar-refractivity contribution in [1.29, 1.82) is 0 Å². The second-order valence-corrected chi connectivity index (χ2v) is 11.6. The van der Waals surface area contributed by atoms with Gasteiger partial charge < -0.3 is 48.9 Å². The summed E-state index contributed by atoms with van der Waals surface area (Å²) in [5.74, 6) is 0. The zero-order chi connectivity index (χ0) is 21.8. The Balaban J connectivity index is -0.0000000640. The number of rotatable bonds is 8. The molecule has 0 aromatic rings. The van der Waals surface area contributed by atoms with E-state index in [0.29, 0.717) is 0 Å². The Morgan fingerprint density at radius 1 is 0.323 bits per heavy atom. The Hall–Kier alpha value is 8.68. The zero-order valence-corrected chi connectivity index (χ0v) is 42.3. The molecule has 20 nitrogen and oxygen atoms in total. The maximum absolute atomic E-state index is 10.4. The van der Waals surface area contributed by atoms with Crippen molar-refractivity contribution in [3.8, 4) is 0 Å². The summed E-state index contributed by atoms with van der Waals surface area (Å²) in [5, 5.41) is 0. The summed E-state index contributed by atoms with van der Waals surface area (Å²) in [6, 6.07) is 0. The molecular weight excluding hydrogens is 1190 g/mol. The van der Waals surface area contributed by atoms with E-state index in [1.165, 1.54) is 0 Å². The average Bonchev–Trinajstić information content (AvgIpc) is 1.97. The molecule has 10 N–H and O–H groups in total. The minimum atomic E-state index is -5.46. The van der Waals surface area contributed by atoms with Gasteiger partial charge in [0.05, 0.1) is 0 Å². The van der Waals surface area contributed by atoms with Gasteiger partial charge in [-0.1, -0.05) is 0 Å². The molecular formula is H10Ba5O20P6. The summed E-state index contributed by atoms with van der Waals surface area (Å²) in [5.41, 5.74) is 0. The van der Waals surface area contributed by atoms with E-state index in [9.17, 15) is 27.4 Å². The van der Waals surface area contributed by atoms with Gasteiger partial charge in [-0.25, -0.2) is 27.4 Å². The van der Waals surface area contributed by atoms with Crippen molar-refractivity contribution in [3.63, 3.8) is 0 Å². The molecule has 0 bridgehead atoms. The first-order valence-corrected chi connectivity index (χ1v) is 13.7. The van der Waals surface area contributed by atoms with Gasteiger partial charge in [0, 0.05) is 244 Å². The molecule has 31 heteroatoms. The van der Waals surface area contributed by atoms with Crippen LogP contribution in [0, 0.1) is 0 Å². The van der Waals surface area contributed by atoms with Crippen molar-refractivity contribution in [1.82, 2.24) is 0 Å². The molecule has 0 rings (SSSR count). The standard InChI is InChI=1S/5Ba.2H5O10P3/c;;;;;2*1-11(2,3)9-13(7,8)10-12(4,5)6/h;;;;;2*(H,7,8)(H2,1,2,3)(H2,4,5,6). The van der Waals surface area contributed by atoms with Gasteiger partial charge in [0.25, 0.3) is 0 Å². The Kier molecular flexibility index (Phi) is 41.5. The topological polar surface area (TPSA) is 342 Å². The Bertz CT molecular complexity index is 628. The normalized spacial score (nSPS) is 12.2. The first-order valence-electron chi connectivity index (χ1n) is 4.56. The monoisotopic (exact) mass is 1210 g/mol. The van der Waals surface area contributed by atoms with Gasteiger partial charge in [-0.15, -0.1) is 0 Å². The van der Waals surface area contributed by atoms with Gasteiger partial charge in [-0.05, 0) is 0 Å². The molecule has 0 atom stereocenters. The van der Waals surface area contributed by atoms with Crippen molar-refractivity contribution in [2.24, 2.45) is 0 Å². The maximum atomic E-state index is 10.4. The molecule has 0 unspecified atom stereocenters. The van der Waals surface area contributed by atoms with E-state index in [4.69, 9.17) is 48.9 Å². The summed E-state index contributed by atoms with van der Waals surface area (Å²) < 4.78 is 72.8. The third-order valence-electron chi connectivity index (χ3n) is 0.838. The van der Waals surface area contributed by atoms with Crippen LogP contribution in [0.3, 0.4) is 0 Å². The van der Waals surface area contributed by atoms with Gasteiger partial charge in [-0.3, -0.25) is 0 Å². The fraction of sp³-hybridized carbons (Fsp3) is 0. The van der Waals surface area contributed by atoms with Crippen LogP contribution in [-0.2, 0) is 44.6 Å². The molecule has 0 aliphatic heterocycles. The van der Waals surface area contributed by atoms with E-state index in [1.807, 2.05) is 0 Å². The quantitative estimate of drug-likeness (QED) is 0.0841. The van der Waals surface area contributed by atoms with Crippen LogP contribution in [0.1, 0.15) is 0 Å². The molecule has 0 amide bonds. The predicted molar refractivity (Wildman–Crippen MR) is 101 cm³/mol. The van der Waals surface area contributed by atoms with Crippen LogP contribution in [0.15, 0.2) is 0 Å². The number of hydrogen-bond acceptors (Lipinski definition) is 10. The summed E-state index contributed by atoms with van der Waals surface area (Å²) in [7, 11) is -32.3. The van der Waals surface area contributed by atoms with Crippen molar-refractivity contribution < 1.29 is 93.6 Å². The molecule has 0 spiro atoms. The van der Waals surface area contributed by atoms with E-state index < -0.39 is 46.9 Å². The summed E-state index contributed by atoms with van der Waals surface area (Å²) in [4.78, 5) is 80.4. The third-order valence-corrected chi connectivity index (χ3v) is 7.54. The predicted octanol–water partition coefficient (Wildman–Crippen LogP) is -3.29. The largest absolute Gasteiger partial charge is 0.490 e. The summed E-state index contributed by atoms with van der Waals surface area (Å²) in [6.07, 6.45) is 0. The Labute approximate surface area is 374 Å². The zero-order valence-electron chi connectivity index (χ0n) is 14.8. The maximum Gasteiger partial charge on any atom is 0.490 e. The van der Waals surface area contributed by atoms with Crippen LogP contribution in [0.2, 0.25) is 0 Å². The smallest absolute Gasteiger partial charge is 0.302 e. The molecule has 0 saturated heterocycles. The fourth-order valence-corrected chi connectivity index (χ4v) is 5.64. The van der Waals surface area contributed by atoms with Crippen molar-refractivity contribution >= 4 is 291 Å². The van der Waals surface area contributed by atoms with Crippen LogP contribution in [0.5, 0.6) is 0 Å². The van der Waals surface area contributed by atoms with Gasteiger partial charge in [0.15, 0.2) is 0 Å². The van der Waals surface area contributed by atoms with Gasteiger partial charge in [0.1, 0.15) is 0 Å². The van der Waals surface area contributed by atoms with Crippen molar-refractivity contribution in [3.05, 3.63) is 0 Å². The van der Waals surface area contributed by atoms with Crippen molar-refractivity contribution in [2.75, 3.05) is 0 Å². The molecule has 0 aromatic carbocycles. The molecule has 0 fully saturated rings. The van der Waals surface area contributed by atoms with E-state index in [1.54, 1.807) is 0 Å². The Morgan fingerprint density at radius 3 is 0.484 bits per heavy atom. The first kappa shape index (κ1) is 55.6. The fourth-order valence-electron chi connectivity index (χ4n) is 0.567. The van der Waals surface area contributed by atoms with Crippen molar-refractivity contribution in [2.45, 2.75) is 0 Å². The SMILES string of the molecule is O=P(O)(O)OP(=O)(O)OP(=O)(O)O.O=P(O)(O)OP(=O)(O)OP(=O)(O)O.[Ba].[Ba].[Ba].[Ba].[Ba]. The molecule has 0 saturated carbocycles. The van der Waals surface area contributed by atoms with E-state index in [2.05, 4.69) is 17.2 Å². The van der Waals surface area contributed by atoms with Crippen LogP contribution in [0.25, 0.3) is 0 Å². The number of phosphoric acid groups is 6. The average molecular weight is 1200 g/mol. The minimum Gasteiger partial charge on any atom is -0.302 e. The summed E-state index contributed by atoms with van der Waals surface area (Å²) in [6.45, 7) is 0. The molecule has 0 aliphatic carbocycles. The Morgan fingerprint density at radius 2 is 0.419 bits per heavy atom. The number of hydrogen-bond donors (Lipinski definition) is 10. The van der Waals surface area contributed by atoms with E-state index >= 15 is 0 Å². The minimum absolute atomic E-state index is 0. The molecule has 0 aliphatic rings. The first-order chi connectivity index (χ1) is 10.8. The van der Waals surface area contributed by atoms with E-state index in [-0.39, 0.29) is 244 Å². The molecule has 0 aromatic heterocycles. The molecule has 10 radical (unpaired) electrons. The van der Waals surface area contributed by atoms with Crippen LogP contribution in [-0.4, -0.2) is 293 Å². The van der Waals surface area contributed by atoms with Crippen LogP contribution in [0.4, 0.5) is 0 Å². The molecule has 31 heavy (non-hydrogen) atoms. The van der Waals surface area contributed by atoms with Gasteiger partial charge in [-0.2, -0.15) is 17.2 Å². The second kappa shape index (κ2) is 23.2. The third kappa shape index (κ3) is 48.7. The second-order valence-electron chi connectivity index (χ2n) is 3.23. The van der Waals surface area contributed by atoms with E-state index in [0.717, 1.165) is 0 Å². The van der Waals surface area contributed by atoms with Gasteiger partial charge >= 0.3 is 46.9 Å². The molecule has 0 heterocycles. The van der Waals surface area contributed by atoms with Crippen LogP contribution < -0.4 is 0 Å².